The molecule has 1 rings (SSSR count). The Kier molecular flexibility index (Phi) is 4.62. The summed E-state index contributed by atoms with van der Waals surface area (Å²) in [5, 5.41) is 12.9. The van der Waals surface area contributed by atoms with Crippen LogP contribution >= 0.6 is 0 Å². The molecule has 0 aliphatic heterocycles. The second-order valence-electron chi connectivity index (χ2n) is 4.53. The second-order valence-corrected chi connectivity index (χ2v) is 4.53. The third-order valence-electron chi connectivity index (χ3n) is 2.54. The lowest BCUT2D eigenvalue weighted by Gasteiger charge is -2.22. The molecular weight excluding hydrogens is 234 g/mol. The maximum absolute atomic E-state index is 9.91. The zero-order valence-electron chi connectivity index (χ0n) is 11.2. The highest BCUT2D eigenvalue weighted by Crippen LogP contribution is 2.13. The summed E-state index contributed by atoms with van der Waals surface area (Å²) in [4.78, 5) is 14.1. The minimum atomic E-state index is -0.804. The number of nitrogens with one attached hydrogen (secondary N) is 2. The van der Waals surface area contributed by atoms with Crippen molar-refractivity contribution >= 4 is 17.8 Å². The minimum Gasteiger partial charge on any atom is -0.388 e. The van der Waals surface area contributed by atoms with Gasteiger partial charge in [-0.2, -0.15) is 15.0 Å². The molecule has 8 nitrogen and oxygen atoms in total. The van der Waals surface area contributed by atoms with Gasteiger partial charge in [-0.3, -0.25) is 5.43 Å². The van der Waals surface area contributed by atoms with Crippen molar-refractivity contribution < 1.29 is 5.11 Å². The van der Waals surface area contributed by atoms with Crippen LogP contribution in [-0.4, -0.2) is 46.3 Å². The van der Waals surface area contributed by atoms with Crippen molar-refractivity contribution in [1.29, 1.82) is 0 Å². The molecule has 1 unspecified atom stereocenters. The third kappa shape index (κ3) is 3.97. The fourth-order valence-corrected chi connectivity index (χ4v) is 1.10. The lowest BCUT2D eigenvalue weighted by Crippen LogP contribution is -2.33. The van der Waals surface area contributed by atoms with Gasteiger partial charge in [-0.15, -0.1) is 0 Å². The van der Waals surface area contributed by atoms with Gasteiger partial charge in [0.15, 0.2) is 0 Å². The van der Waals surface area contributed by atoms with Crippen LogP contribution in [0.3, 0.4) is 0 Å². The van der Waals surface area contributed by atoms with Gasteiger partial charge in [0.1, 0.15) is 0 Å². The molecule has 5 N–H and O–H groups in total. The van der Waals surface area contributed by atoms with E-state index in [-0.39, 0.29) is 5.95 Å². The fraction of sp³-hybridized carbons (Fsp3) is 0.700. The van der Waals surface area contributed by atoms with E-state index in [2.05, 4.69) is 25.7 Å². The lowest BCUT2D eigenvalue weighted by molar-refractivity contribution is 0.0695. The summed E-state index contributed by atoms with van der Waals surface area (Å²) in [5.41, 5.74) is 1.58. The molecule has 0 aliphatic rings. The molecule has 0 spiro atoms. The number of anilines is 3. The number of nitrogens with zero attached hydrogens (tertiary/aromatic N) is 4. The Morgan fingerprint density at radius 2 is 1.89 bits per heavy atom. The largest absolute Gasteiger partial charge is 0.388 e. The van der Waals surface area contributed by atoms with Crippen LogP contribution < -0.4 is 21.5 Å². The summed E-state index contributed by atoms with van der Waals surface area (Å²) in [5.74, 6) is 6.42. The molecule has 18 heavy (non-hydrogen) atoms. The molecule has 0 aromatic carbocycles. The first-order valence-electron chi connectivity index (χ1n) is 5.74. The Bertz CT molecular complexity index is 394. The molecule has 0 saturated carbocycles. The lowest BCUT2D eigenvalue weighted by atomic mass is 10.0. The van der Waals surface area contributed by atoms with E-state index in [9.17, 15) is 5.11 Å². The van der Waals surface area contributed by atoms with Crippen molar-refractivity contribution in [3.63, 3.8) is 0 Å². The number of aromatic nitrogens is 3. The first-order valence-corrected chi connectivity index (χ1v) is 5.74. The van der Waals surface area contributed by atoms with Gasteiger partial charge in [0.25, 0.3) is 0 Å². The molecule has 1 heterocycles. The van der Waals surface area contributed by atoms with E-state index in [0.29, 0.717) is 24.9 Å². The molecular formula is C10H21N7O. The zero-order valence-corrected chi connectivity index (χ0v) is 11.2. The first-order chi connectivity index (χ1) is 8.38. The number of hydrogen-bond acceptors (Lipinski definition) is 8. The number of nitrogens with two attached hydrogens (primary N) is 1. The summed E-state index contributed by atoms with van der Waals surface area (Å²) in [6, 6.07) is 0. The Labute approximate surface area is 107 Å². The van der Waals surface area contributed by atoms with Gasteiger partial charge in [-0.05, 0) is 13.3 Å². The number of rotatable bonds is 6. The normalized spacial score (nSPS) is 13.9. The van der Waals surface area contributed by atoms with Crippen LogP contribution in [0.25, 0.3) is 0 Å². The Morgan fingerprint density at radius 1 is 1.28 bits per heavy atom. The molecule has 102 valence electrons. The highest BCUT2D eigenvalue weighted by molar-refractivity contribution is 5.42. The summed E-state index contributed by atoms with van der Waals surface area (Å²) < 4.78 is 0. The molecule has 0 bridgehead atoms. The van der Waals surface area contributed by atoms with Crippen molar-refractivity contribution in [3.8, 4) is 0 Å². The zero-order chi connectivity index (χ0) is 13.8. The van der Waals surface area contributed by atoms with Crippen molar-refractivity contribution in [2.45, 2.75) is 25.9 Å². The summed E-state index contributed by atoms with van der Waals surface area (Å²) in [6.07, 6.45) is 0.633. The van der Waals surface area contributed by atoms with E-state index in [1.165, 1.54) is 0 Å². The average Bonchev–Trinajstić information content (AvgIpc) is 2.36. The maximum Gasteiger partial charge on any atom is 0.243 e. The summed E-state index contributed by atoms with van der Waals surface area (Å²) >= 11 is 0. The molecule has 0 fully saturated rings. The minimum absolute atomic E-state index is 0.271. The van der Waals surface area contributed by atoms with Gasteiger partial charge in [0.2, 0.25) is 17.8 Å². The van der Waals surface area contributed by atoms with E-state index < -0.39 is 5.60 Å². The van der Waals surface area contributed by atoms with Crippen LogP contribution in [0.2, 0.25) is 0 Å². The van der Waals surface area contributed by atoms with Crippen LogP contribution in [0.15, 0.2) is 0 Å². The van der Waals surface area contributed by atoms with E-state index in [0.717, 1.165) is 0 Å². The molecule has 0 aliphatic carbocycles. The van der Waals surface area contributed by atoms with Gasteiger partial charge in [-0.1, -0.05) is 6.92 Å². The van der Waals surface area contributed by atoms with Crippen molar-refractivity contribution in [2.24, 2.45) is 5.84 Å². The Hall–Kier alpha value is -1.67. The number of hydrazine groups is 1. The van der Waals surface area contributed by atoms with Gasteiger partial charge in [-0.25, -0.2) is 5.84 Å². The molecule has 0 radical (unpaired) electrons. The summed E-state index contributed by atoms with van der Waals surface area (Å²) in [6.45, 7) is 4.01. The van der Waals surface area contributed by atoms with Crippen LogP contribution in [0, 0.1) is 0 Å². The Balaban J connectivity index is 2.85. The average molecular weight is 255 g/mol. The second kappa shape index (κ2) is 5.78. The predicted molar refractivity (Wildman–Crippen MR) is 71.4 cm³/mol. The van der Waals surface area contributed by atoms with E-state index in [4.69, 9.17) is 5.84 Å². The smallest absolute Gasteiger partial charge is 0.243 e. The first kappa shape index (κ1) is 14.4. The maximum atomic E-state index is 9.91. The van der Waals surface area contributed by atoms with Crippen molar-refractivity contribution in [2.75, 3.05) is 36.3 Å². The van der Waals surface area contributed by atoms with Crippen LogP contribution in [0.5, 0.6) is 0 Å². The van der Waals surface area contributed by atoms with Gasteiger partial charge in [0, 0.05) is 20.6 Å². The molecule has 1 aromatic rings. The molecule has 1 aromatic heterocycles. The summed E-state index contributed by atoms with van der Waals surface area (Å²) in [7, 11) is 3.64. The number of hydrogen-bond donors (Lipinski definition) is 4. The molecule has 8 heteroatoms. The van der Waals surface area contributed by atoms with E-state index in [1.807, 2.05) is 21.0 Å². The standard InChI is InChI=1S/C10H21N7O/c1-5-10(2,18)6-12-7-13-8(16-11)15-9(14-7)17(3)4/h18H,5-6,11H2,1-4H3,(H2,12,13,14,15,16). The third-order valence-corrected chi connectivity index (χ3v) is 2.54. The fourth-order valence-electron chi connectivity index (χ4n) is 1.10. The monoisotopic (exact) mass is 255 g/mol. The molecule has 1 atom stereocenters. The van der Waals surface area contributed by atoms with Gasteiger partial charge in [0.05, 0.1) is 5.60 Å². The number of nitrogen functional groups attached to an aromatic ring is 1. The molecule has 0 saturated heterocycles. The SMILES string of the molecule is CCC(C)(O)CNc1nc(NN)nc(N(C)C)n1. The highest BCUT2D eigenvalue weighted by Gasteiger charge is 2.18. The quantitative estimate of drug-likeness (QED) is 0.408. The van der Waals surface area contributed by atoms with Crippen molar-refractivity contribution in [3.05, 3.63) is 0 Å². The van der Waals surface area contributed by atoms with Crippen LogP contribution in [0.4, 0.5) is 17.8 Å². The van der Waals surface area contributed by atoms with Crippen molar-refractivity contribution in [1.82, 2.24) is 15.0 Å². The Morgan fingerprint density at radius 3 is 2.39 bits per heavy atom. The topological polar surface area (TPSA) is 112 Å². The molecule has 0 amide bonds. The van der Waals surface area contributed by atoms with E-state index >= 15 is 0 Å². The van der Waals surface area contributed by atoms with Crippen LogP contribution in [-0.2, 0) is 0 Å². The predicted octanol–water partition coefficient (Wildman–Crippen LogP) is -0.204. The van der Waals surface area contributed by atoms with Gasteiger partial charge < -0.3 is 15.3 Å². The van der Waals surface area contributed by atoms with E-state index in [1.54, 1.807) is 11.8 Å². The van der Waals surface area contributed by atoms with Crippen LogP contribution in [0.1, 0.15) is 20.3 Å². The highest BCUT2D eigenvalue weighted by atomic mass is 16.3. The number of aliphatic hydroxyl groups is 1. The van der Waals surface area contributed by atoms with Gasteiger partial charge >= 0.3 is 0 Å².